The van der Waals surface area contributed by atoms with E-state index in [2.05, 4.69) is 9.71 Å². The number of nitrogens with zero attached hydrogens (tertiary/aromatic N) is 1. The Bertz CT molecular complexity index is 893. The van der Waals surface area contributed by atoms with Gasteiger partial charge in [0.2, 0.25) is 10.0 Å². The van der Waals surface area contributed by atoms with Crippen molar-refractivity contribution < 1.29 is 18.3 Å². The summed E-state index contributed by atoms with van der Waals surface area (Å²) in [5, 5.41) is 9.11. The van der Waals surface area contributed by atoms with Gasteiger partial charge in [0.15, 0.2) is 0 Å². The van der Waals surface area contributed by atoms with Crippen molar-refractivity contribution in [2.75, 3.05) is 0 Å². The molecule has 6 nitrogen and oxygen atoms in total. The van der Waals surface area contributed by atoms with Gasteiger partial charge < -0.3 is 5.11 Å². The zero-order chi connectivity index (χ0) is 17.3. The fraction of sp³-hybridized carbons (Fsp3) is 0.294. The van der Waals surface area contributed by atoms with Gasteiger partial charge in [-0.1, -0.05) is 12.1 Å². The number of pyridine rings is 1. The van der Waals surface area contributed by atoms with Gasteiger partial charge in [0.1, 0.15) is 0 Å². The van der Waals surface area contributed by atoms with Crippen molar-refractivity contribution in [3.63, 3.8) is 0 Å². The number of benzene rings is 1. The number of carbonyl (C=O) groups is 1. The zero-order valence-corrected chi connectivity index (χ0v) is 14.0. The number of aliphatic carboxylic acids is 1. The van der Waals surface area contributed by atoms with E-state index < -0.39 is 21.9 Å². The van der Waals surface area contributed by atoms with Gasteiger partial charge >= 0.3 is 5.97 Å². The summed E-state index contributed by atoms with van der Waals surface area (Å²) in [6.07, 6.45) is 2.48. The van der Waals surface area contributed by atoms with Crippen molar-refractivity contribution in [2.24, 2.45) is 5.92 Å². The number of hydrogen-bond acceptors (Lipinski definition) is 4. The maximum Gasteiger partial charge on any atom is 0.307 e. The second-order valence-electron chi connectivity index (χ2n) is 5.95. The second-order valence-corrected chi connectivity index (χ2v) is 7.71. The van der Waals surface area contributed by atoms with Crippen molar-refractivity contribution in [3.8, 4) is 0 Å². The number of nitrogens with one attached hydrogen (secondary N) is 1. The molecule has 1 aliphatic carbocycles. The minimum absolute atomic E-state index is 0.161. The van der Waals surface area contributed by atoms with Gasteiger partial charge in [-0.15, -0.1) is 0 Å². The Morgan fingerprint density at radius 3 is 2.75 bits per heavy atom. The number of carboxylic acids is 1. The smallest absolute Gasteiger partial charge is 0.307 e. The SMILES string of the molecule is Cc1ncccc1CNS(=O)(=O)c1ccc2c(c1)CC(C(=O)O)C2. The molecular weight excluding hydrogens is 328 g/mol. The quantitative estimate of drug-likeness (QED) is 0.858. The first-order valence-electron chi connectivity index (χ1n) is 7.61. The maximum atomic E-state index is 12.5. The van der Waals surface area contributed by atoms with E-state index >= 15 is 0 Å². The third kappa shape index (κ3) is 3.32. The van der Waals surface area contributed by atoms with E-state index in [1.165, 1.54) is 6.07 Å². The van der Waals surface area contributed by atoms with E-state index in [9.17, 15) is 13.2 Å². The van der Waals surface area contributed by atoms with Crippen molar-refractivity contribution in [1.82, 2.24) is 9.71 Å². The molecule has 1 atom stereocenters. The molecule has 2 N–H and O–H groups in total. The van der Waals surface area contributed by atoms with Crippen LogP contribution in [0.1, 0.15) is 22.4 Å². The highest BCUT2D eigenvalue weighted by Gasteiger charge is 2.28. The fourth-order valence-corrected chi connectivity index (χ4v) is 3.95. The van der Waals surface area contributed by atoms with Crippen LogP contribution in [0.25, 0.3) is 0 Å². The van der Waals surface area contributed by atoms with E-state index in [1.807, 2.05) is 13.0 Å². The molecule has 1 aromatic heterocycles. The molecule has 0 saturated carbocycles. The van der Waals surface area contributed by atoms with Crippen LogP contribution in [0.4, 0.5) is 0 Å². The summed E-state index contributed by atoms with van der Waals surface area (Å²) in [6, 6.07) is 8.41. The van der Waals surface area contributed by atoms with Gasteiger partial charge in [-0.3, -0.25) is 9.78 Å². The van der Waals surface area contributed by atoms with Gasteiger partial charge in [0.05, 0.1) is 10.8 Å². The lowest BCUT2D eigenvalue weighted by atomic mass is 10.1. The molecule has 24 heavy (non-hydrogen) atoms. The Morgan fingerprint density at radius 2 is 2.04 bits per heavy atom. The van der Waals surface area contributed by atoms with Crippen LogP contribution in [0, 0.1) is 12.8 Å². The molecule has 7 heteroatoms. The van der Waals surface area contributed by atoms with Gasteiger partial charge in [-0.2, -0.15) is 0 Å². The van der Waals surface area contributed by atoms with E-state index in [0.717, 1.165) is 22.4 Å². The summed E-state index contributed by atoms with van der Waals surface area (Å²) in [6.45, 7) is 1.99. The van der Waals surface area contributed by atoms with Crippen LogP contribution in [-0.2, 0) is 34.2 Å². The summed E-state index contributed by atoms with van der Waals surface area (Å²) >= 11 is 0. The van der Waals surface area contributed by atoms with Gasteiger partial charge in [0, 0.05) is 18.4 Å². The number of carboxylic acid groups (broad SMARTS) is 1. The highest BCUT2D eigenvalue weighted by atomic mass is 32.2. The molecular formula is C17H18N2O4S. The molecule has 0 spiro atoms. The van der Waals surface area contributed by atoms with Crippen molar-refractivity contribution >= 4 is 16.0 Å². The Hall–Kier alpha value is -2.25. The van der Waals surface area contributed by atoms with Crippen molar-refractivity contribution in [1.29, 1.82) is 0 Å². The van der Waals surface area contributed by atoms with Crippen LogP contribution < -0.4 is 4.72 Å². The number of fused-ring (bicyclic) bond motifs is 1. The number of aryl methyl sites for hydroxylation is 1. The van der Waals surface area contributed by atoms with E-state index in [0.29, 0.717) is 12.8 Å². The second kappa shape index (κ2) is 6.33. The summed E-state index contributed by atoms with van der Waals surface area (Å²) in [4.78, 5) is 15.4. The molecule has 0 bridgehead atoms. The standard InChI is InChI=1S/C17H18N2O4S/c1-11-13(3-2-6-18-11)10-19-24(22,23)16-5-4-12-7-15(17(20)21)8-14(12)9-16/h2-6,9,15,19H,7-8,10H2,1H3,(H,20,21). The van der Waals surface area contributed by atoms with Crippen molar-refractivity contribution in [3.05, 3.63) is 58.9 Å². The lowest BCUT2D eigenvalue weighted by Gasteiger charge is -2.09. The van der Waals surface area contributed by atoms with E-state index in [-0.39, 0.29) is 11.4 Å². The number of rotatable bonds is 5. The van der Waals surface area contributed by atoms with Gasteiger partial charge in [-0.25, -0.2) is 13.1 Å². The molecule has 3 rings (SSSR count). The molecule has 0 aliphatic heterocycles. The largest absolute Gasteiger partial charge is 0.481 e. The zero-order valence-electron chi connectivity index (χ0n) is 13.2. The monoisotopic (exact) mass is 346 g/mol. The molecule has 2 aromatic rings. The van der Waals surface area contributed by atoms with E-state index in [4.69, 9.17) is 5.11 Å². The molecule has 1 unspecified atom stereocenters. The minimum Gasteiger partial charge on any atom is -0.481 e. The van der Waals surface area contributed by atoms with Crippen LogP contribution in [0.5, 0.6) is 0 Å². The lowest BCUT2D eigenvalue weighted by Crippen LogP contribution is -2.24. The average molecular weight is 346 g/mol. The van der Waals surface area contributed by atoms with Gasteiger partial charge in [-0.05, 0) is 54.7 Å². The van der Waals surface area contributed by atoms with Crippen LogP contribution >= 0.6 is 0 Å². The fourth-order valence-electron chi connectivity index (χ4n) is 2.90. The van der Waals surface area contributed by atoms with Gasteiger partial charge in [0.25, 0.3) is 0 Å². The highest BCUT2D eigenvalue weighted by Crippen LogP contribution is 2.29. The Morgan fingerprint density at radius 1 is 1.29 bits per heavy atom. The Balaban J connectivity index is 1.78. The van der Waals surface area contributed by atoms with E-state index in [1.54, 1.807) is 24.4 Å². The molecule has 0 fully saturated rings. The number of hydrogen-bond donors (Lipinski definition) is 2. The lowest BCUT2D eigenvalue weighted by molar-refractivity contribution is -0.141. The predicted molar refractivity (Wildman–Crippen MR) is 88.0 cm³/mol. The Kier molecular flexibility index (Phi) is 4.38. The highest BCUT2D eigenvalue weighted by molar-refractivity contribution is 7.89. The first-order chi connectivity index (χ1) is 11.4. The van der Waals surface area contributed by atoms with Crippen LogP contribution in [0.3, 0.4) is 0 Å². The molecule has 1 aromatic carbocycles. The third-order valence-corrected chi connectivity index (χ3v) is 5.74. The molecule has 0 amide bonds. The number of sulfonamides is 1. The molecule has 0 radical (unpaired) electrons. The maximum absolute atomic E-state index is 12.5. The predicted octanol–water partition coefficient (Wildman–Crippen LogP) is 1.67. The molecule has 0 saturated heterocycles. The van der Waals surface area contributed by atoms with Crippen molar-refractivity contribution in [2.45, 2.75) is 31.2 Å². The topological polar surface area (TPSA) is 96.4 Å². The summed E-state index contributed by atoms with van der Waals surface area (Å²) in [5.74, 6) is -1.32. The first kappa shape index (κ1) is 16.6. The van der Waals surface area contributed by atoms with Crippen LogP contribution in [0.2, 0.25) is 0 Å². The minimum atomic E-state index is -3.66. The molecule has 1 heterocycles. The number of aromatic nitrogens is 1. The molecule has 126 valence electrons. The third-order valence-electron chi connectivity index (χ3n) is 4.34. The first-order valence-corrected chi connectivity index (χ1v) is 9.10. The summed E-state index contributed by atoms with van der Waals surface area (Å²) < 4.78 is 27.5. The summed E-state index contributed by atoms with van der Waals surface area (Å²) in [5.41, 5.74) is 3.29. The Labute approximate surface area is 140 Å². The van der Waals surface area contributed by atoms with Crippen LogP contribution in [-0.4, -0.2) is 24.5 Å². The molecule has 1 aliphatic rings. The normalized spacial score (nSPS) is 16.8. The summed E-state index contributed by atoms with van der Waals surface area (Å²) in [7, 11) is -3.66. The van der Waals surface area contributed by atoms with Crippen LogP contribution in [0.15, 0.2) is 41.4 Å². The average Bonchev–Trinajstić information content (AvgIpc) is 2.97.